The van der Waals surface area contributed by atoms with Crippen LogP contribution < -0.4 is 0 Å². The van der Waals surface area contributed by atoms with Crippen molar-refractivity contribution in [2.75, 3.05) is 13.0 Å². The maximum absolute atomic E-state index is 11.7. The first-order valence-electron chi connectivity index (χ1n) is 5.16. The van der Waals surface area contributed by atoms with E-state index in [1.165, 1.54) is 0 Å². The van der Waals surface area contributed by atoms with Crippen molar-refractivity contribution in [3.05, 3.63) is 11.6 Å². The van der Waals surface area contributed by atoms with E-state index in [1.807, 2.05) is 6.92 Å². The molecule has 0 aliphatic carbocycles. The Kier molecular flexibility index (Phi) is 7.45. The SMILES string of the molecule is C=C([PH](=O)COCC)P(=O)(O)OC(C)CC. The first-order valence-corrected chi connectivity index (χ1v) is 8.36. The molecule has 0 bridgehead atoms. The van der Waals surface area contributed by atoms with E-state index in [9.17, 15) is 14.0 Å². The molecule has 0 aliphatic rings. The maximum Gasteiger partial charge on any atom is 0.361 e. The van der Waals surface area contributed by atoms with Crippen molar-refractivity contribution in [3.63, 3.8) is 0 Å². The standard InChI is InChI=1S/C9H20O5P2/c1-5-8(3)14-16(11,12)9(4)15(10)7-13-6-2/h8,15H,4-7H2,1-3H3,(H,11,12). The molecule has 0 heterocycles. The van der Waals surface area contributed by atoms with Crippen molar-refractivity contribution in [2.45, 2.75) is 33.3 Å². The molecule has 7 heteroatoms. The van der Waals surface area contributed by atoms with Crippen molar-refractivity contribution >= 4 is 15.4 Å². The minimum Gasteiger partial charge on any atom is -0.374 e. The second-order valence-electron chi connectivity index (χ2n) is 3.35. The summed E-state index contributed by atoms with van der Waals surface area (Å²) in [6, 6.07) is 0. The lowest BCUT2D eigenvalue weighted by Crippen LogP contribution is -2.04. The minimum atomic E-state index is -3.99. The smallest absolute Gasteiger partial charge is 0.361 e. The van der Waals surface area contributed by atoms with Gasteiger partial charge in [0.15, 0.2) is 0 Å². The summed E-state index contributed by atoms with van der Waals surface area (Å²) in [5.41, 5.74) is 0. The number of ether oxygens (including phenoxy) is 1. The molecule has 96 valence electrons. The Hall–Kier alpha value is 0.0800. The third-order valence-electron chi connectivity index (χ3n) is 2.00. The molecule has 0 fully saturated rings. The fourth-order valence-corrected chi connectivity index (χ4v) is 3.75. The third kappa shape index (κ3) is 5.42. The highest BCUT2D eigenvalue weighted by molar-refractivity contribution is 7.74. The maximum atomic E-state index is 11.7. The van der Waals surface area contributed by atoms with E-state index in [2.05, 4.69) is 6.58 Å². The van der Waals surface area contributed by atoms with Crippen LogP contribution in [0.5, 0.6) is 0 Å². The molecule has 0 aliphatic heterocycles. The molecule has 0 amide bonds. The van der Waals surface area contributed by atoms with E-state index >= 15 is 0 Å². The molecular formula is C9H20O5P2. The van der Waals surface area contributed by atoms with Gasteiger partial charge in [0.05, 0.1) is 11.2 Å². The van der Waals surface area contributed by atoms with Crippen LogP contribution in [0, 0.1) is 0 Å². The Bertz CT molecular complexity index is 302. The summed E-state index contributed by atoms with van der Waals surface area (Å²) < 4.78 is 33.1. The molecule has 16 heavy (non-hydrogen) atoms. The average molecular weight is 270 g/mol. The van der Waals surface area contributed by atoms with Gasteiger partial charge in [0.1, 0.15) is 14.1 Å². The van der Waals surface area contributed by atoms with E-state index < -0.39 is 15.4 Å². The van der Waals surface area contributed by atoms with E-state index in [0.717, 1.165) is 0 Å². The molecule has 0 aromatic rings. The summed E-state index contributed by atoms with van der Waals surface area (Å²) in [6.45, 7) is 9.05. The van der Waals surface area contributed by atoms with Gasteiger partial charge in [0.2, 0.25) is 0 Å². The van der Waals surface area contributed by atoms with Crippen molar-refractivity contribution in [2.24, 2.45) is 0 Å². The molecule has 1 N–H and O–H groups in total. The molecule has 0 saturated carbocycles. The molecule has 0 aromatic carbocycles. The normalized spacial score (nSPS) is 18.8. The van der Waals surface area contributed by atoms with E-state index in [4.69, 9.17) is 9.26 Å². The van der Waals surface area contributed by atoms with Crippen LogP contribution in [-0.4, -0.2) is 24.0 Å². The molecular weight excluding hydrogens is 250 g/mol. The Morgan fingerprint density at radius 3 is 2.56 bits per heavy atom. The Morgan fingerprint density at radius 2 is 2.12 bits per heavy atom. The quantitative estimate of drug-likeness (QED) is 0.686. The molecule has 0 saturated heterocycles. The van der Waals surface area contributed by atoms with Crippen LogP contribution in [0.1, 0.15) is 27.2 Å². The Balaban J connectivity index is 4.45. The Labute approximate surface area is 97.2 Å². The van der Waals surface area contributed by atoms with Crippen LogP contribution >= 0.6 is 15.4 Å². The summed E-state index contributed by atoms with van der Waals surface area (Å²) in [5, 5.41) is -0.230. The summed E-state index contributed by atoms with van der Waals surface area (Å²) >= 11 is 0. The molecule has 5 nitrogen and oxygen atoms in total. The van der Waals surface area contributed by atoms with Gasteiger partial charge in [0, 0.05) is 6.61 Å². The largest absolute Gasteiger partial charge is 0.374 e. The summed E-state index contributed by atoms with van der Waals surface area (Å²) in [7, 11) is -6.44. The highest BCUT2D eigenvalue weighted by atomic mass is 31.2. The van der Waals surface area contributed by atoms with Crippen molar-refractivity contribution < 1.29 is 23.3 Å². The lowest BCUT2D eigenvalue weighted by atomic mass is 10.3. The first kappa shape index (κ1) is 16.1. The fraction of sp³-hybridized carbons (Fsp3) is 0.778. The van der Waals surface area contributed by atoms with Crippen molar-refractivity contribution in [1.82, 2.24) is 0 Å². The van der Waals surface area contributed by atoms with E-state index in [1.54, 1.807) is 13.8 Å². The zero-order valence-corrected chi connectivity index (χ0v) is 11.8. The number of hydrogen-bond donors (Lipinski definition) is 1. The first-order chi connectivity index (χ1) is 7.35. The lowest BCUT2D eigenvalue weighted by molar-refractivity contribution is 0.188. The van der Waals surface area contributed by atoms with Gasteiger partial charge >= 0.3 is 7.60 Å². The second-order valence-corrected chi connectivity index (χ2v) is 7.30. The molecule has 0 rings (SSSR count). The van der Waals surface area contributed by atoms with Crippen LogP contribution in [0.15, 0.2) is 11.6 Å². The predicted octanol–water partition coefficient (Wildman–Crippen LogP) is 3.01. The van der Waals surface area contributed by atoms with Crippen LogP contribution in [0.4, 0.5) is 0 Å². The van der Waals surface area contributed by atoms with Crippen LogP contribution in [0.25, 0.3) is 0 Å². The number of hydrogen-bond acceptors (Lipinski definition) is 4. The minimum absolute atomic E-state index is 0.0611. The van der Waals surface area contributed by atoms with Gasteiger partial charge in [-0.05, 0) is 20.3 Å². The highest BCUT2D eigenvalue weighted by Crippen LogP contribution is 2.60. The van der Waals surface area contributed by atoms with Gasteiger partial charge in [-0.1, -0.05) is 13.5 Å². The van der Waals surface area contributed by atoms with Crippen LogP contribution in [0.3, 0.4) is 0 Å². The predicted molar refractivity (Wildman–Crippen MR) is 65.3 cm³/mol. The zero-order chi connectivity index (χ0) is 12.8. The van der Waals surface area contributed by atoms with Gasteiger partial charge in [-0.25, -0.2) is 0 Å². The summed E-state index contributed by atoms with van der Waals surface area (Å²) in [6.07, 6.45) is 0.174. The average Bonchev–Trinajstić information content (AvgIpc) is 2.23. The van der Waals surface area contributed by atoms with Crippen LogP contribution in [0.2, 0.25) is 0 Å². The van der Waals surface area contributed by atoms with Crippen molar-refractivity contribution in [1.29, 1.82) is 0 Å². The van der Waals surface area contributed by atoms with Crippen LogP contribution in [-0.2, 0) is 18.4 Å². The molecule has 0 radical (unpaired) electrons. The van der Waals surface area contributed by atoms with E-state index in [-0.39, 0.29) is 17.5 Å². The molecule has 3 unspecified atom stereocenters. The Morgan fingerprint density at radius 1 is 1.56 bits per heavy atom. The van der Waals surface area contributed by atoms with E-state index in [0.29, 0.717) is 13.0 Å². The third-order valence-corrected chi connectivity index (χ3v) is 6.03. The van der Waals surface area contributed by atoms with Gasteiger partial charge in [0.25, 0.3) is 0 Å². The monoisotopic (exact) mass is 270 g/mol. The van der Waals surface area contributed by atoms with Gasteiger partial charge < -0.3 is 18.7 Å². The lowest BCUT2D eigenvalue weighted by Gasteiger charge is -2.18. The molecule has 0 aromatic heterocycles. The van der Waals surface area contributed by atoms with Crippen molar-refractivity contribution in [3.8, 4) is 0 Å². The topological polar surface area (TPSA) is 72.8 Å². The molecule has 3 atom stereocenters. The number of rotatable bonds is 8. The zero-order valence-electron chi connectivity index (χ0n) is 9.93. The second kappa shape index (κ2) is 7.41. The van der Waals surface area contributed by atoms with Gasteiger partial charge in [-0.2, -0.15) is 0 Å². The van der Waals surface area contributed by atoms with Gasteiger partial charge in [-0.3, -0.25) is 4.57 Å². The fourth-order valence-electron chi connectivity index (χ4n) is 0.818. The summed E-state index contributed by atoms with van der Waals surface area (Å²) in [4.78, 5) is 9.56. The highest BCUT2D eigenvalue weighted by Gasteiger charge is 2.30. The molecule has 0 spiro atoms. The van der Waals surface area contributed by atoms with Gasteiger partial charge in [-0.15, -0.1) is 0 Å². The summed E-state index contributed by atoms with van der Waals surface area (Å²) in [5.74, 6) is 0.